The number of hydrogen-bond donors (Lipinski definition) is 1. The number of amides is 1. The summed E-state index contributed by atoms with van der Waals surface area (Å²) in [6.07, 6.45) is -1.03. The molecule has 24 heavy (non-hydrogen) atoms. The summed E-state index contributed by atoms with van der Waals surface area (Å²) in [6, 6.07) is 5.17. The van der Waals surface area contributed by atoms with Crippen LogP contribution in [0.4, 0.5) is 13.2 Å². The van der Waals surface area contributed by atoms with Gasteiger partial charge in [0.15, 0.2) is 0 Å². The Balaban J connectivity index is 1.76. The van der Waals surface area contributed by atoms with E-state index in [1.165, 1.54) is 6.07 Å². The van der Waals surface area contributed by atoms with E-state index in [4.69, 9.17) is 5.73 Å². The number of benzene rings is 1. The number of nitrogens with zero attached hydrogens (tertiary/aromatic N) is 1. The molecule has 128 valence electrons. The molecule has 0 aliphatic carbocycles. The third kappa shape index (κ3) is 3.18. The number of alkyl halides is 3. The summed E-state index contributed by atoms with van der Waals surface area (Å²) in [6.45, 7) is 4.58. The van der Waals surface area contributed by atoms with E-state index in [-0.39, 0.29) is 11.4 Å². The Morgan fingerprint density at radius 2 is 2.08 bits per heavy atom. The molecule has 0 spiro atoms. The Bertz CT molecular complexity index is 791. The average molecular weight is 354 g/mol. The van der Waals surface area contributed by atoms with Gasteiger partial charge in [-0.2, -0.15) is 13.2 Å². The van der Waals surface area contributed by atoms with Crippen molar-refractivity contribution >= 4 is 27.3 Å². The van der Waals surface area contributed by atoms with Crippen molar-refractivity contribution in [2.24, 2.45) is 5.73 Å². The number of likely N-dealkylation sites (tertiary alicyclic amines) is 1. The third-order valence-electron chi connectivity index (χ3n) is 4.20. The number of hydrogen-bond acceptors (Lipinski definition) is 3. The lowest BCUT2D eigenvalue weighted by Gasteiger charge is -2.47. The highest BCUT2D eigenvalue weighted by molar-refractivity contribution is 7.20. The van der Waals surface area contributed by atoms with Gasteiger partial charge in [0.2, 0.25) is 0 Å². The molecule has 1 aromatic carbocycles. The van der Waals surface area contributed by atoms with Crippen molar-refractivity contribution in [1.29, 1.82) is 0 Å². The van der Waals surface area contributed by atoms with Gasteiger partial charge in [-0.25, -0.2) is 0 Å². The van der Waals surface area contributed by atoms with Crippen LogP contribution in [0.5, 0.6) is 0 Å². The lowest BCUT2D eigenvalue weighted by atomic mass is 9.86. The number of nitrogens with two attached hydrogens (primary N) is 1. The number of fused-ring (bicyclic) bond motifs is 1. The van der Waals surface area contributed by atoms with Gasteiger partial charge < -0.3 is 10.6 Å². The van der Waals surface area contributed by atoms with E-state index in [9.17, 15) is 18.0 Å². The highest BCUT2D eigenvalue weighted by atomic mass is 32.1. The summed E-state index contributed by atoms with van der Waals surface area (Å²) in [4.78, 5) is 14.6. The minimum atomic E-state index is -4.38. The fraction of sp³-hybridized carbons (Fsp3) is 0.353. The molecule has 0 atom stereocenters. The van der Waals surface area contributed by atoms with E-state index in [1.54, 1.807) is 17.0 Å². The Hall–Kier alpha value is -1.86. The van der Waals surface area contributed by atoms with Crippen LogP contribution in [0.3, 0.4) is 0 Å². The molecule has 0 bridgehead atoms. The van der Waals surface area contributed by atoms with Gasteiger partial charge in [0.05, 0.1) is 16.0 Å². The molecule has 1 amide bonds. The lowest BCUT2D eigenvalue weighted by Crippen LogP contribution is -2.68. The standard InChI is InChI=1S/C17H17F3N2OS/c1-2-3-6-16(21)9-22(10-16)15(23)14-7-11-4-5-12(17(18,19)20)8-13(11)24-14/h2,4-5,7-8H,1,3,6,9-10,21H2. The molecule has 1 aliphatic rings. The largest absolute Gasteiger partial charge is 0.416 e. The van der Waals surface area contributed by atoms with E-state index < -0.39 is 11.7 Å². The normalized spacial score (nSPS) is 16.9. The SMILES string of the molecule is C=CCCC1(N)CN(C(=O)c2cc3ccc(C(F)(F)F)cc3s2)C1. The summed E-state index contributed by atoms with van der Waals surface area (Å²) in [7, 11) is 0. The van der Waals surface area contributed by atoms with Crippen molar-refractivity contribution in [1.82, 2.24) is 4.90 Å². The first kappa shape index (κ1) is 17.0. The number of allylic oxidation sites excluding steroid dienone is 1. The molecule has 3 rings (SSSR count). The monoisotopic (exact) mass is 354 g/mol. The zero-order chi connectivity index (χ0) is 17.5. The van der Waals surface area contributed by atoms with Crippen molar-refractivity contribution in [3.63, 3.8) is 0 Å². The molecule has 2 aromatic rings. The maximum Gasteiger partial charge on any atom is 0.416 e. The molecule has 0 radical (unpaired) electrons. The molecular weight excluding hydrogens is 337 g/mol. The smallest absolute Gasteiger partial charge is 0.334 e. The average Bonchev–Trinajstić information content (AvgIpc) is 2.91. The van der Waals surface area contributed by atoms with Gasteiger partial charge in [-0.3, -0.25) is 4.79 Å². The summed E-state index contributed by atoms with van der Waals surface area (Å²) >= 11 is 1.08. The summed E-state index contributed by atoms with van der Waals surface area (Å²) in [5, 5.41) is 0.641. The first-order valence-corrected chi connectivity index (χ1v) is 8.33. The first-order valence-electron chi connectivity index (χ1n) is 7.52. The van der Waals surface area contributed by atoms with Crippen molar-refractivity contribution in [2.75, 3.05) is 13.1 Å². The third-order valence-corrected chi connectivity index (χ3v) is 5.29. The molecule has 0 saturated carbocycles. The zero-order valence-corrected chi connectivity index (χ0v) is 13.7. The molecular formula is C17H17F3N2OS. The number of halogens is 3. The fourth-order valence-corrected chi connectivity index (χ4v) is 3.94. The van der Waals surface area contributed by atoms with Gasteiger partial charge in [-0.15, -0.1) is 17.9 Å². The summed E-state index contributed by atoms with van der Waals surface area (Å²) in [5.74, 6) is -0.176. The van der Waals surface area contributed by atoms with E-state index in [1.807, 2.05) is 0 Å². The molecule has 1 aromatic heterocycles. The van der Waals surface area contributed by atoms with Crippen molar-refractivity contribution in [2.45, 2.75) is 24.6 Å². The number of thiophene rings is 1. The Labute approximate surface area is 141 Å². The second-order valence-corrected chi connectivity index (χ2v) is 7.30. The molecule has 2 N–H and O–H groups in total. The number of rotatable bonds is 4. The van der Waals surface area contributed by atoms with E-state index >= 15 is 0 Å². The van der Waals surface area contributed by atoms with Crippen LogP contribution in [0, 0.1) is 0 Å². The van der Waals surface area contributed by atoms with Crippen LogP contribution in [0.15, 0.2) is 36.9 Å². The highest BCUT2D eigenvalue weighted by Crippen LogP contribution is 2.35. The second-order valence-electron chi connectivity index (χ2n) is 6.21. The summed E-state index contributed by atoms with van der Waals surface area (Å²) < 4.78 is 38.8. The van der Waals surface area contributed by atoms with Crippen LogP contribution in [0.2, 0.25) is 0 Å². The van der Waals surface area contributed by atoms with Crippen molar-refractivity contribution in [3.8, 4) is 0 Å². The molecule has 0 unspecified atom stereocenters. The minimum Gasteiger partial charge on any atom is -0.334 e. The molecule has 1 aliphatic heterocycles. The maximum atomic E-state index is 12.8. The number of carbonyl (C=O) groups is 1. The molecule has 2 heterocycles. The van der Waals surface area contributed by atoms with Gasteiger partial charge in [-0.05, 0) is 36.4 Å². The number of carbonyl (C=O) groups excluding carboxylic acids is 1. The van der Waals surface area contributed by atoms with Gasteiger partial charge in [0.1, 0.15) is 0 Å². The van der Waals surface area contributed by atoms with E-state index in [0.717, 1.165) is 36.3 Å². The highest BCUT2D eigenvalue weighted by Gasteiger charge is 2.41. The first-order chi connectivity index (χ1) is 11.2. The van der Waals surface area contributed by atoms with Gasteiger partial charge in [0.25, 0.3) is 5.91 Å². The molecule has 7 heteroatoms. The van der Waals surface area contributed by atoms with Crippen molar-refractivity contribution in [3.05, 3.63) is 47.4 Å². The Kier molecular flexibility index (Phi) is 4.17. The van der Waals surface area contributed by atoms with Crippen LogP contribution < -0.4 is 5.73 Å². The molecule has 1 fully saturated rings. The Morgan fingerprint density at radius 3 is 2.71 bits per heavy atom. The van der Waals surface area contributed by atoms with Crippen LogP contribution in [-0.4, -0.2) is 29.4 Å². The maximum absolute atomic E-state index is 12.8. The van der Waals surface area contributed by atoms with Crippen molar-refractivity contribution < 1.29 is 18.0 Å². The van der Waals surface area contributed by atoms with Crippen LogP contribution in [0.25, 0.3) is 10.1 Å². The van der Waals surface area contributed by atoms with E-state index in [2.05, 4.69) is 6.58 Å². The second kappa shape index (κ2) is 5.89. The minimum absolute atomic E-state index is 0.176. The lowest BCUT2D eigenvalue weighted by molar-refractivity contribution is -0.137. The molecule has 3 nitrogen and oxygen atoms in total. The van der Waals surface area contributed by atoms with Gasteiger partial charge >= 0.3 is 6.18 Å². The predicted molar refractivity (Wildman–Crippen MR) is 89.1 cm³/mol. The molecule has 1 saturated heterocycles. The van der Waals surface area contributed by atoms with Crippen LogP contribution in [0.1, 0.15) is 28.1 Å². The topological polar surface area (TPSA) is 46.3 Å². The Morgan fingerprint density at radius 1 is 1.38 bits per heavy atom. The predicted octanol–water partition coefficient (Wildman–Crippen LogP) is 4.04. The zero-order valence-electron chi connectivity index (χ0n) is 12.9. The van der Waals surface area contributed by atoms with Gasteiger partial charge in [-0.1, -0.05) is 12.1 Å². The van der Waals surface area contributed by atoms with Gasteiger partial charge in [0, 0.05) is 17.8 Å². The quantitative estimate of drug-likeness (QED) is 0.843. The van der Waals surface area contributed by atoms with E-state index in [0.29, 0.717) is 28.1 Å². The fourth-order valence-electron chi connectivity index (χ4n) is 2.87. The van der Waals surface area contributed by atoms with Crippen LogP contribution in [-0.2, 0) is 6.18 Å². The summed E-state index contributed by atoms with van der Waals surface area (Å²) in [5.41, 5.74) is 5.09. The van der Waals surface area contributed by atoms with Crippen LogP contribution >= 0.6 is 11.3 Å².